The zero-order chi connectivity index (χ0) is 15.1. The number of hydrogen-bond donors (Lipinski definition) is 1. The second-order valence-electron chi connectivity index (χ2n) is 6.24. The van der Waals surface area contributed by atoms with Crippen LogP contribution < -0.4 is 10.5 Å². The van der Waals surface area contributed by atoms with Crippen LogP contribution in [0.25, 0.3) is 0 Å². The molecule has 0 amide bonds. The first kappa shape index (κ1) is 16.3. The van der Waals surface area contributed by atoms with Crippen molar-refractivity contribution in [2.24, 2.45) is 11.7 Å². The van der Waals surface area contributed by atoms with Gasteiger partial charge in [-0.05, 0) is 63.6 Å². The Morgan fingerprint density at radius 1 is 1.19 bits per heavy atom. The maximum atomic E-state index is 5.81. The summed E-state index contributed by atoms with van der Waals surface area (Å²) in [5.41, 5.74) is 6.73. The molecule has 2 N–H and O–H groups in total. The maximum Gasteiger partial charge on any atom is 0.119 e. The van der Waals surface area contributed by atoms with Crippen LogP contribution in [0, 0.1) is 5.92 Å². The molecular weight excluding hydrogens is 262 g/mol. The van der Waals surface area contributed by atoms with Gasteiger partial charge < -0.3 is 15.4 Å². The Kier molecular flexibility index (Phi) is 6.49. The van der Waals surface area contributed by atoms with Crippen LogP contribution in [-0.2, 0) is 6.54 Å². The zero-order valence-electron chi connectivity index (χ0n) is 13.4. The highest BCUT2D eigenvalue weighted by Crippen LogP contribution is 2.17. The lowest BCUT2D eigenvalue weighted by molar-refractivity contribution is 0.141. The van der Waals surface area contributed by atoms with E-state index in [1.807, 2.05) is 24.3 Å². The maximum absolute atomic E-state index is 5.81. The predicted octanol–water partition coefficient (Wildman–Crippen LogP) is 1.80. The minimum absolute atomic E-state index is 0.585. The van der Waals surface area contributed by atoms with Crippen LogP contribution >= 0.6 is 0 Å². The standard InChI is InChI=1S/C17H29N3O/c1-19(2)14-16-7-9-20(10-8-16)11-12-21-17-5-3-15(13-18)4-6-17/h3-6,16H,7-14,18H2,1-2H3. The van der Waals surface area contributed by atoms with Crippen LogP contribution in [0.2, 0.25) is 0 Å². The zero-order valence-corrected chi connectivity index (χ0v) is 13.4. The third kappa shape index (κ3) is 5.65. The fourth-order valence-corrected chi connectivity index (χ4v) is 2.92. The van der Waals surface area contributed by atoms with Gasteiger partial charge in [0.1, 0.15) is 12.4 Å². The monoisotopic (exact) mass is 291 g/mol. The molecule has 0 radical (unpaired) electrons. The van der Waals surface area contributed by atoms with Crippen LogP contribution in [0.5, 0.6) is 5.75 Å². The van der Waals surface area contributed by atoms with E-state index in [0.29, 0.717) is 6.54 Å². The number of ether oxygens (including phenoxy) is 1. The lowest BCUT2D eigenvalue weighted by Gasteiger charge is -2.33. The summed E-state index contributed by atoms with van der Waals surface area (Å²) in [4.78, 5) is 4.81. The van der Waals surface area contributed by atoms with Crippen LogP contribution in [0.15, 0.2) is 24.3 Å². The van der Waals surface area contributed by atoms with Gasteiger partial charge in [0.05, 0.1) is 0 Å². The number of benzene rings is 1. The van der Waals surface area contributed by atoms with Gasteiger partial charge >= 0.3 is 0 Å². The Balaban J connectivity index is 1.63. The number of piperidine rings is 1. The minimum Gasteiger partial charge on any atom is -0.492 e. The first-order valence-corrected chi connectivity index (χ1v) is 7.96. The molecule has 1 saturated heterocycles. The first-order valence-electron chi connectivity index (χ1n) is 7.96. The lowest BCUT2D eigenvalue weighted by atomic mass is 9.96. The average Bonchev–Trinajstić information content (AvgIpc) is 2.49. The molecule has 0 unspecified atom stereocenters. The summed E-state index contributed by atoms with van der Waals surface area (Å²) >= 11 is 0. The van der Waals surface area contributed by atoms with Crippen molar-refractivity contribution in [3.05, 3.63) is 29.8 Å². The molecule has 0 spiro atoms. The van der Waals surface area contributed by atoms with Gasteiger partial charge in [0.15, 0.2) is 0 Å². The van der Waals surface area contributed by atoms with Crippen molar-refractivity contribution in [3.8, 4) is 5.75 Å². The molecule has 118 valence electrons. The van der Waals surface area contributed by atoms with E-state index in [4.69, 9.17) is 10.5 Å². The Morgan fingerprint density at radius 3 is 2.43 bits per heavy atom. The van der Waals surface area contributed by atoms with E-state index in [9.17, 15) is 0 Å². The van der Waals surface area contributed by atoms with Crippen molar-refractivity contribution in [1.29, 1.82) is 0 Å². The highest BCUT2D eigenvalue weighted by atomic mass is 16.5. The normalized spacial score (nSPS) is 17.3. The van der Waals surface area contributed by atoms with Crippen molar-refractivity contribution in [2.45, 2.75) is 19.4 Å². The molecule has 1 heterocycles. The van der Waals surface area contributed by atoms with Gasteiger partial charge in [-0.3, -0.25) is 4.90 Å². The predicted molar refractivity (Wildman–Crippen MR) is 87.5 cm³/mol. The lowest BCUT2D eigenvalue weighted by Crippen LogP contribution is -2.39. The molecule has 0 aliphatic carbocycles. The van der Waals surface area contributed by atoms with Crippen molar-refractivity contribution < 1.29 is 4.74 Å². The first-order chi connectivity index (χ1) is 10.2. The number of hydrogen-bond acceptors (Lipinski definition) is 4. The quantitative estimate of drug-likeness (QED) is 0.832. The van der Waals surface area contributed by atoms with E-state index < -0.39 is 0 Å². The largest absolute Gasteiger partial charge is 0.492 e. The molecule has 0 atom stereocenters. The summed E-state index contributed by atoms with van der Waals surface area (Å²) in [7, 11) is 4.33. The smallest absolute Gasteiger partial charge is 0.119 e. The van der Waals surface area contributed by atoms with E-state index in [0.717, 1.165) is 30.4 Å². The van der Waals surface area contributed by atoms with Crippen LogP contribution in [-0.4, -0.2) is 56.7 Å². The van der Waals surface area contributed by atoms with Crippen LogP contribution in [0.3, 0.4) is 0 Å². The molecule has 4 heteroatoms. The second kappa shape index (κ2) is 8.37. The fraction of sp³-hybridized carbons (Fsp3) is 0.647. The van der Waals surface area contributed by atoms with Gasteiger partial charge in [-0.1, -0.05) is 12.1 Å². The summed E-state index contributed by atoms with van der Waals surface area (Å²) in [6.45, 7) is 6.00. The van der Waals surface area contributed by atoms with Crippen molar-refractivity contribution in [1.82, 2.24) is 9.80 Å². The average molecular weight is 291 g/mol. The van der Waals surface area contributed by atoms with Crippen molar-refractivity contribution in [2.75, 3.05) is 46.9 Å². The number of nitrogens with two attached hydrogens (primary N) is 1. The Morgan fingerprint density at radius 2 is 1.86 bits per heavy atom. The SMILES string of the molecule is CN(C)CC1CCN(CCOc2ccc(CN)cc2)CC1. The summed E-state index contributed by atoms with van der Waals surface area (Å²) in [6, 6.07) is 8.07. The molecule has 1 aromatic carbocycles. The van der Waals surface area contributed by atoms with E-state index >= 15 is 0 Å². The molecule has 2 rings (SSSR count). The molecule has 0 aromatic heterocycles. The Hall–Kier alpha value is -1.10. The fourth-order valence-electron chi connectivity index (χ4n) is 2.92. The van der Waals surface area contributed by atoms with Crippen LogP contribution in [0.4, 0.5) is 0 Å². The summed E-state index contributed by atoms with van der Waals surface area (Å²) < 4.78 is 5.81. The third-order valence-corrected chi connectivity index (χ3v) is 4.17. The molecule has 1 aliphatic rings. The second-order valence-corrected chi connectivity index (χ2v) is 6.24. The topological polar surface area (TPSA) is 41.7 Å². The molecule has 0 saturated carbocycles. The van der Waals surface area contributed by atoms with E-state index in [2.05, 4.69) is 23.9 Å². The van der Waals surface area contributed by atoms with Gasteiger partial charge in [-0.25, -0.2) is 0 Å². The Bertz CT molecular complexity index is 397. The summed E-state index contributed by atoms with van der Waals surface area (Å²) in [6.07, 6.45) is 2.62. The number of likely N-dealkylation sites (tertiary alicyclic amines) is 1. The molecule has 4 nitrogen and oxygen atoms in total. The third-order valence-electron chi connectivity index (χ3n) is 4.17. The molecular formula is C17H29N3O. The molecule has 1 fully saturated rings. The van der Waals surface area contributed by atoms with Gasteiger partial charge in [0, 0.05) is 19.6 Å². The van der Waals surface area contributed by atoms with Gasteiger partial charge in [0.25, 0.3) is 0 Å². The van der Waals surface area contributed by atoms with Gasteiger partial charge in [-0.2, -0.15) is 0 Å². The number of rotatable bonds is 7. The highest BCUT2D eigenvalue weighted by Gasteiger charge is 2.19. The molecule has 1 aromatic rings. The summed E-state index contributed by atoms with van der Waals surface area (Å²) in [5, 5.41) is 0. The summed E-state index contributed by atoms with van der Waals surface area (Å²) in [5.74, 6) is 1.80. The van der Waals surface area contributed by atoms with Crippen LogP contribution in [0.1, 0.15) is 18.4 Å². The van der Waals surface area contributed by atoms with Gasteiger partial charge in [-0.15, -0.1) is 0 Å². The van der Waals surface area contributed by atoms with Gasteiger partial charge in [0.2, 0.25) is 0 Å². The van der Waals surface area contributed by atoms with E-state index in [-0.39, 0.29) is 0 Å². The highest BCUT2D eigenvalue weighted by molar-refractivity contribution is 5.27. The van der Waals surface area contributed by atoms with Crippen molar-refractivity contribution in [3.63, 3.8) is 0 Å². The molecule has 0 bridgehead atoms. The van der Waals surface area contributed by atoms with E-state index in [1.54, 1.807) is 0 Å². The van der Waals surface area contributed by atoms with E-state index in [1.165, 1.54) is 32.5 Å². The minimum atomic E-state index is 0.585. The molecule has 21 heavy (non-hydrogen) atoms. The van der Waals surface area contributed by atoms with Crippen molar-refractivity contribution >= 4 is 0 Å². The number of nitrogens with zero attached hydrogens (tertiary/aromatic N) is 2. The molecule has 1 aliphatic heterocycles. The Labute approximate surface area is 128 Å².